The maximum Gasteiger partial charge on any atom is 0.317 e. The van der Waals surface area contributed by atoms with Gasteiger partial charge in [0.05, 0.1) is 12.2 Å². The van der Waals surface area contributed by atoms with Crippen LogP contribution < -0.4 is 0 Å². The summed E-state index contributed by atoms with van der Waals surface area (Å²) in [5, 5.41) is 1.25. The Bertz CT molecular complexity index is 388. The molecule has 0 aromatic heterocycles. The van der Waals surface area contributed by atoms with Crippen molar-refractivity contribution < 1.29 is 19.3 Å². The van der Waals surface area contributed by atoms with Crippen LogP contribution in [-0.4, -0.2) is 42.6 Å². The van der Waals surface area contributed by atoms with Gasteiger partial charge in [-0.15, -0.1) is 11.6 Å². The molecule has 112 valence electrons. The summed E-state index contributed by atoms with van der Waals surface area (Å²) in [5.41, 5.74) is -0.472. The Morgan fingerprint density at radius 2 is 2.00 bits per heavy atom. The number of aliphatic imine (C=N–C) groups is 2. The van der Waals surface area contributed by atoms with E-state index >= 15 is 0 Å². The van der Waals surface area contributed by atoms with Crippen LogP contribution in [0, 0.1) is 0 Å². The molecule has 1 aliphatic rings. The first kappa shape index (κ1) is 16.4. The fraction of sp³-hybridized carbons (Fsp3) is 0.538. The smallest absolute Gasteiger partial charge is 0.317 e. The first-order valence-corrected chi connectivity index (χ1v) is 6.18. The topological polar surface area (TPSA) is 64.9 Å². The molecule has 7 heteroatoms. The Morgan fingerprint density at radius 3 is 2.60 bits per heavy atom. The lowest BCUT2D eigenvalue weighted by atomic mass is 10.2. The van der Waals surface area contributed by atoms with Crippen LogP contribution in [0.4, 0.5) is 0 Å². The summed E-state index contributed by atoms with van der Waals surface area (Å²) in [6.45, 7) is 13.3. The van der Waals surface area contributed by atoms with E-state index in [1.165, 1.54) is 11.4 Å². The molecular formula is C13H21N3O4. The number of hydroxylamine groups is 2. The van der Waals surface area contributed by atoms with E-state index in [1.54, 1.807) is 12.2 Å². The predicted molar refractivity (Wildman–Crippen MR) is 75.8 cm³/mol. The third kappa shape index (κ3) is 5.96. The molecule has 1 unspecified atom stereocenters. The molecule has 0 amide bonds. The average molecular weight is 283 g/mol. The molecule has 20 heavy (non-hydrogen) atoms. The second-order valence-electron chi connectivity index (χ2n) is 4.83. The summed E-state index contributed by atoms with van der Waals surface area (Å²) in [4.78, 5) is 18.5. The van der Waals surface area contributed by atoms with Gasteiger partial charge in [-0.2, -0.15) is 15.0 Å². The summed E-state index contributed by atoms with van der Waals surface area (Å²) in [6.07, 6.45) is 3.83. The van der Waals surface area contributed by atoms with Gasteiger partial charge in [0.15, 0.2) is 0 Å². The summed E-state index contributed by atoms with van der Waals surface area (Å²) in [5.74, 6) is 0. The van der Waals surface area contributed by atoms with Crippen molar-refractivity contribution in [1.82, 2.24) is 5.06 Å². The normalized spacial score (nSPS) is 18.6. The van der Waals surface area contributed by atoms with E-state index in [2.05, 4.69) is 23.1 Å². The van der Waals surface area contributed by atoms with Crippen molar-refractivity contribution in [2.45, 2.75) is 32.7 Å². The molecule has 0 aliphatic carbocycles. The number of nitrogens with zero attached hydrogens (tertiary/aromatic N) is 3. The fourth-order valence-electron chi connectivity index (χ4n) is 1.03. The summed E-state index contributed by atoms with van der Waals surface area (Å²) >= 11 is 0. The van der Waals surface area contributed by atoms with Crippen LogP contribution in [0.1, 0.15) is 20.8 Å². The average Bonchev–Trinajstić information content (AvgIpc) is 2.40. The Balaban J connectivity index is 2.64. The molecule has 7 nitrogen and oxygen atoms in total. The Morgan fingerprint density at radius 1 is 1.30 bits per heavy atom. The lowest BCUT2D eigenvalue weighted by Crippen LogP contribution is -2.40. The molecule has 0 aromatic carbocycles. The highest BCUT2D eigenvalue weighted by atomic mass is 17.3. The second-order valence-corrected chi connectivity index (χ2v) is 4.83. The van der Waals surface area contributed by atoms with E-state index < -0.39 is 12.0 Å². The summed E-state index contributed by atoms with van der Waals surface area (Å²) < 4.78 is 10.7. The molecule has 0 aromatic rings. The lowest BCUT2D eigenvalue weighted by molar-refractivity contribution is -0.458. The fourth-order valence-corrected chi connectivity index (χ4v) is 1.03. The molecule has 1 aliphatic heterocycles. The monoisotopic (exact) mass is 283 g/mol. The van der Waals surface area contributed by atoms with Crippen LogP contribution in [0.15, 0.2) is 35.3 Å². The van der Waals surface area contributed by atoms with E-state index in [-0.39, 0.29) is 6.02 Å². The second kappa shape index (κ2) is 7.78. The quantitative estimate of drug-likeness (QED) is 0.406. The largest absolute Gasteiger partial charge is 0.459 e. The first-order chi connectivity index (χ1) is 9.46. The van der Waals surface area contributed by atoms with Gasteiger partial charge in [-0.1, -0.05) is 18.7 Å². The number of rotatable bonds is 7. The molecule has 0 fully saturated rings. The van der Waals surface area contributed by atoms with Gasteiger partial charge >= 0.3 is 6.02 Å². The maximum absolute atomic E-state index is 5.44. The number of ether oxygens (including phenoxy) is 2. The molecule has 0 saturated heterocycles. The zero-order chi connectivity index (χ0) is 15.0. The third-order valence-electron chi connectivity index (χ3n) is 1.79. The molecule has 1 rings (SSSR count). The minimum absolute atomic E-state index is 0.189. The van der Waals surface area contributed by atoms with Crippen LogP contribution in [0.3, 0.4) is 0 Å². The Labute approximate surface area is 119 Å². The van der Waals surface area contributed by atoms with Gasteiger partial charge in [-0.25, -0.2) is 4.89 Å². The van der Waals surface area contributed by atoms with Crippen LogP contribution >= 0.6 is 0 Å². The van der Waals surface area contributed by atoms with Crippen LogP contribution in [-0.2, 0) is 19.3 Å². The molecular weight excluding hydrogens is 262 g/mol. The van der Waals surface area contributed by atoms with Crippen molar-refractivity contribution in [3.8, 4) is 0 Å². The van der Waals surface area contributed by atoms with Crippen LogP contribution in [0.5, 0.6) is 0 Å². The Hall–Kier alpha value is -1.70. The minimum Gasteiger partial charge on any atom is -0.459 e. The Kier molecular flexibility index (Phi) is 6.37. The van der Waals surface area contributed by atoms with Crippen molar-refractivity contribution in [2.24, 2.45) is 9.98 Å². The number of hydrogen-bond donors (Lipinski definition) is 0. The highest BCUT2D eigenvalue weighted by Gasteiger charge is 2.25. The third-order valence-corrected chi connectivity index (χ3v) is 1.79. The molecule has 0 bridgehead atoms. The van der Waals surface area contributed by atoms with Crippen LogP contribution in [0.25, 0.3) is 0 Å². The number of hydrogen-bond acceptors (Lipinski definition) is 7. The SMILES string of the molecule is C=CCOC1=NC(OCC=C)N(OOC(C)(C)C)C=N1. The van der Waals surface area contributed by atoms with Crippen molar-refractivity contribution in [3.05, 3.63) is 25.3 Å². The minimum atomic E-state index is -0.757. The molecule has 1 atom stereocenters. The highest BCUT2D eigenvalue weighted by Crippen LogP contribution is 2.14. The highest BCUT2D eigenvalue weighted by molar-refractivity contribution is 5.84. The van der Waals surface area contributed by atoms with Gasteiger partial charge in [0, 0.05) is 0 Å². The molecule has 0 spiro atoms. The van der Waals surface area contributed by atoms with Crippen LogP contribution in [0.2, 0.25) is 0 Å². The van der Waals surface area contributed by atoms with E-state index in [0.717, 1.165) is 0 Å². The van der Waals surface area contributed by atoms with E-state index in [0.29, 0.717) is 13.2 Å². The summed E-state index contributed by atoms with van der Waals surface area (Å²) in [6, 6.07) is 0.189. The lowest BCUT2D eigenvalue weighted by Gasteiger charge is -2.29. The standard InChI is InChI=1S/C13H21N3O4/c1-6-8-17-11-14-10-16(20-19-13(3,4)5)12(15-11)18-9-7-2/h6-7,10,12H,1-2,8-9H2,3-5H3. The van der Waals surface area contributed by atoms with Crippen molar-refractivity contribution in [3.63, 3.8) is 0 Å². The molecule has 0 radical (unpaired) electrons. The van der Waals surface area contributed by atoms with Crippen molar-refractivity contribution in [1.29, 1.82) is 0 Å². The zero-order valence-electron chi connectivity index (χ0n) is 12.1. The van der Waals surface area contributed by atoms with E-state index in [4.69, 9.17) is 19.3 Å². The van der Waals surface area contributed by atoms with E-state index in [1.807, 2.05) is 20.8 Å². The van der Waals surface area contributed by atoms with Gasteiger partial charge in [-0.3, -0.25) is 0 Å². The van der Waals surface area contributed by atoms with Crippen molar-refractivity contribution >= 4 is 12.4 Å². The maximum atomic E-state index is 5.44. The zero-order valence-corrected chi connectivity index (χ0v) is 12.1. The van der Waals surface area contributed by atoms with E-state index in [9.17, 15) is 0 Å². The molecule has 0 N–H and O–H groups in total. The summed E-state index contributed by atoms with van der Waals surface area (Å²) in [7, 11) is 0. The number of amidine groups is 1. The first-order valence-electron chi connectivity index (χ1n) is 6.18. The van der Waals surface area contributed by atoms with Gasteiger partial charge in [0.2, 0.25) is 0 Å². The predicted octanol–water partition coefficient (Wildman–Crippen LogP) is 2.04. The van der Waals surface area contributed by atoms with Gasteiger partial charge < -0.3 is 9.47 Å². The van der Waals surface area contributed by atoms with Crippen molar-refractivity contribution in [2.75, 3.05) is 13.2 Å². The van der Waals surface area contributed by atoms with Gasteiger partial charge in [-0.05, 0) is 20.8 Å². The van der Waals surface area contributed by atoms with Gasteiger partial charge in [0.25, 0.3) is 6.35 Å². The molecule has 1 heterocycles. The van der Waals surface area contributed by atoms with Gasteiger partial charge in [0.1, 0.15) is 12.9 Å². The molecule has 0 saturated carbocycles.